The van der Waals surface area contributed by atoms with Gasteiger partial charge in [0.2, 0.25) is 0 Å². The minimum atomic E-state index is -1.67. The van der Waals surface area contributed by atoms with Gasteiger partial charge in [0.25, 0.3) is 0 Å². The molecule has 0 unspecified atom stereocenters. The molecule has 2 aromatic carbocycles. The number of benzene rings is 2. The highest BCUT2D eigenvalue weighted by Crippen LogP contribution is 2.44. The summed E-state index contributed by atoms with van der Waals surface area (Å²) in [7, 11) is 0. The molecule has 2 aliphatic rings. The summed E-state index contributed by atoms with van der Waals surface area (Å²) >= 11 is 0. The lowest BCUT2D eigenvalue weighted by atomic mass is 9.70. The van der Waals surface area contributed by atoms with Crippen LogP contribution < -0.4 is 0 Å². The Bertz CT molecular complexity index is 1210. The van der Waals surface area contributed by atoms with E-state index >= 15 is 8.78 Å². The number of rotatable bonds is 9. The van der Waals surface area contributed by atoms with Gasteiger partial charge in [-0.3, -0.25) is 4.90 Å². The van der Waals surface area contributed by atoms with Crippen molar-refractivity contribution in [2.45, 2.75) is 83.5 Å². The minimum absolute atomic E-state index is 0.131. The SMILES string of the molecule is CCCCC1CC(Cc2cc(F)c([C@@H]3c4[nH]c5ccccc5c4C[C@@H](CF)N3CC(C)(C)F)c(F)c2)C1. The molecule has 5 rings (SSSR count). The number of hydrogen-bond acceptors (Lipinski definition) is 1. The van der Waals surface area contributed by atoms with E-state index in [4.69, 9.17) is 0 Å². The van der Waals surface area contributed by atoms with Gasteiger partial charge >= 0.3 is 0 Å². The molecule has 1 aromatic heterocycles. The second-order valence-corrected chi connectivity index (χ2v) is 11.9. The summed E-state index contributed by atoms with van der Waals surface area (Å²) < 4.78 is 61.0. The number of nitrogens with one attached hydrogen (secondary N) is 1. The monoisotopic (exact) mass is 514 g/mol. The average Bonchev–Trinajstić information content (AvgIpc) is 3.18. The molecule has 200 valence electrons. The van der Waals surface area contributed by atoms with Gasteiger partial charge in [-0.2, -0.15) is 0 Å². The van der Waals surface area contributed by atoms with E-state index in [0.717, 1.165) is 35.2 Å². The Labute approximate surface area is 217 Å². The number of aromatic nitrogens is 1. The van der Waals surface area contributed by atoms with Crippen LogP contribution >= 0.6 is 0 Å². The van der Waals surface area contributed by atoms with Crippen LogP contribution in [0.1, 0.15) is 81.3 Å². The smallest absolute Gasteiger partial charge is 0.131 e. The van der Waals surface area contributed by atoms with Crippen LogP contribution in [0.5, 0.6) is 0 Å². The summed E-state index contributed by atoms with van der Waals surface area (Å²) in [5.41, 5.74) is 1.17. The molecule has 0 amide bonds. The van der Waals surface area contributed by atoms with Gasteiger partial charge in [0, 0.05) is 34.7 Å². The summed E-state index contributed by atoms with van der Waals surface area (Å²) in [5, 5.41) is 0.917. The third-order valence-corrected chi connectivity index (χ3v) is 8.33. The molecular weight excluding hydrogens is 476 g/mol. The van der Waals surface area contributed by atoms with Crippen LogP contribution in [0.25, 0.3) is 10.9 Å². The zero-order valence-corrected chi connectivity index (χ0v) is 22.1. The highest BCUT2D eigenvalue weighted by Gasteiger charge is 2.42. The predicted octanol–water partition coefficient (Wildman–Crippen LogP) is 8.24. The van der Waals surface area contributed by atoms with Gasteiger partial charge in [-0.15, -0.1) is 0 Å². The lowest BCUT2D eigenvalue weighted by Crippen LogP contribution is -2.50. The highest BCUT2D eigenvalue weighted by atomic mass is 19.1. The molecule has 0 spiro atoms. The summed E-state index contributed by atoms with van der Waals surface area (Å²) in [6.45, 7) is 4.17. The molecule has 1 aliphatic heterocycles. The van der Waals surface area contributed by atoms with E-state index in [1.165, 1.54) is 45.2 Å². The zero-order valence-electron chi connectivity index (χ0n) is 22.1. The molecule has 6 heteroatoms. The van der Waals surface area contributed by atoms with E-state index in [0.29, 0.717) is 30.0 Å². The highest BCUT2D eigenvalue weighted by molar-refractivity contribution is 5.85. The van der Waals surface area contributed by atoms with Crippen molar-refractivity contribution in [3.05, 3.63) is 70.4 Å². The van der Waals surface area contributed by atoms with E-state index in [-0.39, 0.29) is 12.1 Å². The molecular formula is C31H38F4N2. The molecule has 0 bridgehead atoms. The first kappa shape index (κ1) is 26.3. The largest absolute Gasteiger partial charge is 0.357 e. The van der Waals surface area contributed by atoms with E-state index in [1.54, 1.807) is 4.90 Å². The summed E-state index contributed by atoms with van der Waals surface area (Å²) in [5.74, 6) is -0.0987. The Morgan fingerprint density at radius 2 is 1.76 bits per heavy atom. The lowest BCUT2D eigenvalue weighted by molar-refractivity contribution is 0.0477. The molecule has 1 saturated carbocycles. The standard InChI is InChI=1S/C31H38F4N2/c1-4-5-8-19-11-20(12-19)13-21-14-25(33)28(26(34)15-21)30-29-24(23-9-6-7-10-27(23)36-29)16-22(17-32)37(30)18-31(2,3)35/h6-7,9-10,14-15,19-20,22,30,36H,4-5,8,11-13,16-18H2,1-3H3/t19?,20?,22-,30+/m0/s1. The van der Waals surface area contributed by atoms with E-state index in [9.17, 15) is 8.78 Å². The summed E-state index contributed by atoms with van der Waals surface area (Å²) in [6, 6.07) is 8.89. The Hall–Kier alpha value is -2.34. The number of H-pyrrole nitrogens is 1. The second kappa shape index (κ2) is 10.4. The number of nitrogens with zero attached hydrogens (tertiary/aromatic N) is 1. The first-order valence-electron chi connectivity index (χ1n) is 13.8. The Balaban J connectivity index is 1.51. The maximum Gasteiger partial charge on any atom is 0.131 e. The van der Waals surface area contributed by atoms with Gasteiger partial charge in [0.1, 0.15) is 24.0 Å². The Kier molecular flexibility index (Phi) is 7.41. The van der Waals surface area contributed by atoms with Crippen LogP contribution in [-0.4, -0.2) is 34.8 Å². The lowest BCUT2D eigenvalue weighted by Gasteiger charge is -2.43. The maximum atomic E-state index is 15.8. The topological polar surface area (TPSA) is 19.0 Å². The maximum absolute atomic E-state index is 15.8. The van der Waals surface area contributed by atoms with Crippen LogP contribution in [0.2, 0.25) is 0 Å². The predicted molar refractivity (Wildman–Crippen MR) is 141 cm³/mol. The second-order valence-electron chi connectivity index (χ2n) is 11.9. The van der Waals surface area contributed by atoms with Crippen molar-refractivity contribution in [3.8, 4) is 0 Å². The number of alkyl halides is 2. The van der Waals surface area contributed by atoms with Crippen LogP contribution in [0.3, 0.4) is 0 Å². The van der Waals surface area contributed by atoms with Crippen molar-refractivity contribution in [2.24, 2.45) is 11.8 Å². The van der Waals surface area contributed by atoms with E-state index < -0.39 is 36.1 Å². The van der Waals surface area contributed by atoms with Crippen molar-refractivity contribution < 1.29 is 17.6 Å². The first-order valence-corrected chi connectivity index (χ1v) is 13.8. The van der Waals surface area contributed by atoms with Crippen LogP contribution in [0.4, 0.5) is 17.6 Å². The van der Waals surface area contributed by atoms with Crippen molar-refractivity contribution >= 4 is 10.9 Å². The molecule has 0 radical (unpaired) electrons. The molecule has 2 atom stereocenters. The van der Waals surface area contributed by atoms with E-state index in [2.05, 4.69) is 11.9 Å². The number of unbranched alkanes of at least 4 members (excludes halogenated alkanes) is 1. The Morgan fingerprint density at radius 3 is 2.41 bits per heavy atom. The number of halogens is 4. The van der Waals surface area contributed by atoms with Gasteiger partial charge in [-0.1, -0.05) is 44.4 Å². The Morgan fingerprint density at radius 1 is 1.05 bits per heavy atom. The van der Waals surface area contributed by atoms with Crippen molar-refractivity contribution in [3.63, 3.8) is 0 Å². The van der Waals surface area contributed by atoms with Crippen LogP contribution in [0, 0.1) is 23.5 Å². The molecule has 37 heavy (non-hydrogen) atoms. The van der Waals surface area contributed by atoms with Crippen molar-refractivity contribution in [2.75, 3.05) is 13.2 Å². The van der Waals surface area contributed by atoms with Gasteiger partial charge in [-0.25, -0.2) is 17.6 Å². The van der Waals surface area contributed by atoms with Crippen molar-refractivity contribution in [1.29, 1.82) is 0 Å². The van der Waals surface area contributed by atoms with Crippen LogP contribution in [0.15, 0.2) is 36.4 Å². The third kappa shape index (κ3) is 5.32. The summed E-state index contributed by atoms with van der Waals surface area (Å²) in [4.78, 5) is 4.96. The number of hydrogen-bond donors (Lipinski definition) is 1. The van der Waals surface area contributed by atoms with Gasteiger partial charge in [0.15, 0.2) is 0 Å². The summed E-state index contributed by atoms with van der Waals surface area (Å²) in [6.07, 6.45) is 6.90. The third-order valence-electron chi connectivity index (χ3n) is 8.33. The molecule has 0 saturated heterocycles. The number of fused-ring (bicyclic) bond motifs is 3. The normalized spacial score (nSPS) is 24.3. The molecule has 1 fully saturated rings. The van der Waals surface area contributed by atoms with Gasteiger partial charge < -0.3 is 4.98 Å². The average molecular weight is 515 g/mol. The quantitative estimate of drug-likeness (QED) is 0.285. The fourth-order valence-corrected chi connectivity index (χ4v) is 6.63. The number of para-hydroxylation sites is 1. The van der Waals surface area contributed by atoms with Gasteiger partial charge in [-0.05, 0) is 80.7 Å². The van der Waals surface area contributed by atoms with E-state index in [1.807, 2.05) is 24.3 Å². The molecule has 2 nitrogen and oxygen atoms in total. The zero-order chi connectivity index (χ0) is 26.3. The molecule has 1 N–H and O–H groups in total. The fraction of sp³-hybridized carbons (Fsp3) is 0.548. The molecule has 3 aromatic rings. The molecule has 2 heterocycles. The van der Waals surface area contributed by atoms with Crippen LogP contribution in [-0.2, 0) is 12.8 Å². The van der Waals surface area contributed by atoms with Crippen molar-refractivity contribution in [1.82, 2.24) is 9.88 Å². The van der Waals surface area contributed by atoms with Gasteiger partial charge in [0.05, 0.1) is 6.04 Å². The minimum Gasteiger partial charge on any atom is -0.357 e. The molecule has 1 aliphatic carbocycles. The number of aromatic amines is 1. The first-order chi connectivity index (χ1) is 17.7. The fourth-order valence-electron chi connectivity index (χ4n) is 6.63.